The van der Waals surface area contributed by atoms with Crippen molar-refractivity contribution >= 4 is 11.8 Å². The first-order chi connectivity index (χ1) is 13.7. The molecular formula is C23H30O4S. The van der Waals surface area contributed by atoms with Gasteiger partial charge in [0.05, 0.1) is 32.0 Å². The summed E-state index contributed by atoms with van der Waals surface area (Å²) in [7, 11) is 0. The molecule has 1 aliphatic heterocycles. The molecule has 4 nitrogen and oxygen atoms in total. The molecular weight excluding hydrogens is 372 g/mol. The van der Waals surface area contributed by atoms with E-state index < -0.39 is 6.10 Å². The van der Waals surface area contributed by atoms with E-state index in [0.29, 0.717) is 19.8 Å². The van der Waals surface area contributed by atoms with Crippen LogP contribution < -0.4 is 0 Å². The average molecular weight is 403 g/mol. The normalized spacial score (nSPS) is 27.6. The molecule has 0 spiro atoms. The summed E-state index contributed by atoms with van der Waals surface area (Å²) in [5.41, 5.74) is 2.12. The van der Waals surface area contributed by atoms with Gasteiger partial charge in [-0.3, -0.25) is 0 Å². The zero-order valence-electron chi connectivity index (χ0n) is 16.6. The molecule has 0 aromatic heterocycles. The number of rotatable bonds is 9. The molecule has 5 heteroatoms. The molecule has 152 valence electrons. The third kappa shape index (κ3) is 5.82. The molecule has 1 fully saturated rings. The standard InChI is InChI=1S/C23H30O4S/c1-3-28-23-22(26-15-19-12-8-5-9-13-19)17(2)21(24)20(27-23)16-25-14-18-10-6-4-7-11-18/h4-13,17,20-24H,3,14-16H2,1-2H3/t17-,20?,21+,22?,23-/m0/s1. The fourth-order valence-electron chi connectivity index (χ4n) is 3.41. The van der Waals surface area contributed by atoms with Gasteiger partial charge >= 0.3 is 0 Å². The Bertz CT molecular complexity index is 680. The lowest BCUT2D eigenvalue weighted by molar-refractivity contribution is -0.200. The van der Waals surface area contributed by atoms with Crippen LogP contribution in [-0.2, 0) is 27.4 Å². The van der Waals surface area contributed by atoms with Gasteiger partial charge in [-0.05, 0) is 16.9 Å². The highest BCUT2D eigenvalue weighted by Crippen LogP contribution is 2.34. The topological polar surface area (TPSA) is 47.9 Å². The lowest BCUT2D eigenvalue weighted by Gasteiger charge is -2.43. The fourth-order valence-corrected chi connectivity index (χ4v) is 4.48. The summed E-state index contributed by atoms with van der Waals surface area (Å²) in [6.07, 6.45) is -1.13. The second-order valence-electron chi connectivity index (χ2n) is 7.11. The van der Waals surface area contributed by atoms with Gasteiger partial charge in [-0.15, -0.1) is 11.8 Å². The number of hydrogen-bond acceptors (Lipinski definition) is 5. The Hall–Kier alpha value is -1.37. The van der Waals surface area contributed by atoms with E-state index in [4.69, 9.17) is 14.2 Å². The minimum atomic E-state index is -0.620. The number of ether oxygens (including phenoxy) is 3. The Morgan fingerprint density at radius 1 is 0.964 bits per heavy atom. The maximum absolute atomic E-state index is 10.8. The summed E-state index contributed by atoms with van der Waals surface area (Å²) < 4.78 is 18.2. The Balaban J connectivity index is 1.57. The van der Waals surface area contributed by atoms with Crippen LogP contribution in [0.2, 0.25) is 0 Å². The molecule has 0 aliphatic carbocycles. The molecule has 0 saturated carbocycles. The van der Waals surface area contributed by atoms with Crippen LogP contribution in [0.3, 0.4) is 0 Å². The highest BCUT2D eigenvalue weighted by Gasteiger charge is 2.43. The molecule has 2 aromatic rings. The SMILES string of the molecule is CCS[C@@H]1OC(COCc2ccccc2)[C@H](O)[C@H](C)C1OCc1ccccc1. The van der Waals surface area contributed by atoms with Gasteiger partial charge in [0.2, 0.25) is 0 Å². The fraction of sp³-hybridized carbons (Fsp3) is 0.478. The molecule has 5 atom stereocenters. The first kappa shape index (κ1) is 21.3. The Morgan fingerprint density at radius 3 is 2.18 bits per heavy atom. The van der Waals surface area contributed by atoms with Gasteiger partial charge in [-0.25, -0.2) is 0 Å². The second-order valence-corrected chi connectivity index (χ2v) is 8.49. The van der Waals surface area contributed by atoms with E-state index in [1.54, 1.807) is 11.8 Å². The summed E-state index contributed by atoms with van der Waals surface area (Å²) in [6.45, 7) is 5.55. The Kier molecular flexibility index (Phi) is 8.37. The van der Waals surface area contributed by atoms with Crippen molar-refractivity contribution < 1.29 is 19.3 Å². The predicted octanol–water partition coefficient (Wildman–Crippen LogP) is 4.26. The maximum atomic E-state index is 10.8. The van der Waals surface area contributed by atoms with Crippen molar-refractivity contribution in [1.29, 1.82) is 0 Å². The second kappa shape index (κ2) is 11.0. The molecule has 28 heavy (non-hydrogen) atoms. The van der Waals surface area contributed by atoms with Crippen LogP contribution in [0.4, 0.5) is 0 Å². The zero-order chi connectivity index (χ0) is 19.8. The van der Waals surface area contributed by atoms with Crippen LogP contribution in [-0.4, -0.2) is 41.2 Å². The number of benzene rings is 2. The van der Waals surface area contributed by atoms with Crippen LogP contribution in [0.15, 0.2) is 60.7 Å². The summed E-state index contributed by atoms with van der Waals surface area (Å²) >= 11 is 1.72. The number of hydrogen-bond donors (Lipinski definition) is 1. The molecule has 0 radical (unpaired) electrons. The van der Waals surface area contributed by atoms with Crippen molar-refractivity contribution in [2.24, 2.45) is 5.92 Å². The van der Waals surface area contributed by atoms with Gasteiger partial charge in [0.15, 0.2) is 0 Å². The first-order valence-corrected chi connectivity index (χ1v) is 11.0. The largest absolute Gasteiger partial charge is 0.390 e. The third-order valence-corrected chi connectivity index (χ3v) is 6.07. The van der Waals surface area contributed by atoms with Crippen molar-refractivity contribution in [3.63, 3.8) is 0 Å². The van der Waals surface area contributed by atoms with E-state index >= 15 is 0 Å². The molecule has 1 aliphatic rings. The highest BCUT2D eigenvalue weighted by molar-refractivity contribution is 7.99. The summed E-state index contributed by atoms with van der Waals surface area (Å²) in [5.74, 6) is 0.892. The van der Waals surface area contributed by atoms with Crippen LogP contribution in [0.5, 0.6) is 0 Å². The van der Waals surface area contributed by atoms with E-state index in [1.807, 2.05) is 67.6 Å². The molecule has 1 saturated heterocycles. The van der Waals surface area contributed by atoms with Gasteiger partial charge < -0.3 is 19.3 Å². The predicted molar refractivity (Wildman–Crippen MR) is 113 cm³/mol. The summed E-state index contributed by atoms with van der Waals surface area (Å²) in [5, 5.41) is 10.8. The van der Waals surface area contributed by atoms with Crippen LogP contribution in [0, 0.1) is 5.92 Å². The number of thioether (sulfide) groups is 1. The van der Waals surface area contributed by atoms with Gasteiger partial charge in [0.25, 0.3) is 0 Å². The smallest absolute Gasteiger partial charge is 0.130 e. The molecule has 2 aromatic carbocycles. The Morgan fingerprint density at radius 2 is 1.57 bits per heavy atom. The van der Waals surface area contributed by atoms with Crippen molar-refractivity contribution in [3.05, 3.63) is 71.8 Å². The number of aliphatic hydroxyl groups is 1. The molecule has 1 heterocycles. The Labute approximate surface area is 172 Å². The zero-order valence-corrected chi connectivity index (χ0v) is 17.4. The van der Waals surface area contributed by atoms with E-state index in [0.717, 1.165) is 16.9 Å². The number of aliphatic hydroxyl groups excluding tert-OH is 1. The van der Waals surface area contributed by atoms with Crippen LogP contribution in [0.1, 0.15) is 25.0 Å². The minimum absolute atomic E-state index is 0.0353. The quantitative estimate of drug-likeness (QED) is 0.679. The van der Waals surface area contributed by atoms with Crippen molar-refractivity contribution in [1.82, 2.24) is 0 Å². The van der Waals surface area contributed by atoms with Crippen LogP contribution in [0.25, 0.3) is 0 Å². The van der Waals surface area contributed by atoms with Gasteiger partial charge in [-0.1, -0.05) is 74.5 Å². The van der Waals surface area contributed by atoms with E-state index in [2.05, 4.69) is 6.92 Å². The van der Waals surface area contributed by atoms with Gasteiger partial charge in [-0.2, -0.15) is 0 Å². The monoisotopic (exact) mass is 402 g/mol. The first-order valence-electron chi connectivity index (χ1n) is 9.91. The van der Waals surface area contributed by atoms with Crippen molar-refractivity contribution in [2.45, 2.75) is 50.8 Å². The lowest BCUT2D eigenvalue weighted by Crippen LogP contribution is -2.54. The summed E-state index contributed by atoms with van der Waals surface area (Å²) in [6, 6.07) is 20.1. The van der Waals surface area contributed by atoms with Crippen molar-refractivity contribution in [2.75, 3.05) is 12.4 Å². The van der Waals surface area contributed by atoms with Gasteiger partial charge in [0, 0.05) is 5.92 Å². The van der Waals surface area contributed by atoms with E-state index in [1.165, 1.54) is 0 Å². The van der Waals surface area contributed by atoms with E-state index in [9.17, 15) is 5.11 Å². The minimum Gasteiger partial charge on any atom is -0.390 e. The molecule has 0 amide bonds. The molecule has 0 bridgehead atoms. The van der Waals surface area contributed by atoms with E-state index in [-0.39, 0.29) is 23.6 Å². The van der Waals surface area contributed by atoms with Crippen molar-refractivity contribution in [3.8, 4) is 0 Å². The summed E-state index contributed by atoms with van der Waals surface area (Å²) in [4.78, 5) is 0. The van der Waals surface area contributed by atoms with Crippen LogP contribution >= 0.6 is 11.8 Å². The lowest BCUT2D eigenvalue weighted by atomic mass is 9.91. The third-order valence-electron chi connectivity index (χ3n) is 5.02. The maximum Gasteiger partial charge on any atom is 0.130 e. The average Bonchev–Trinajstić information content (AvgIpc) is 2.73. The molecule has 2 unspecified atom stereocenters. The molecule has 1 N–H and O–H groups in total. The van der Waals surface area contributed by atoms with Gasteiger partial charge in [0.1, 0.15) is 11.5 Å². The molecule has 3 rings (SSSR count). The highest BCUT2D eigenvalue weighted by atomic mass is 32.2.